The average molecular weight is 531 g/mol. The van der Waals surface area contributed by atoms with Crippen molar-refractivity contribution in [1.82, 2.24) is 19.5 Å². The maximum Gasteiger partial charge on any atom is 0.164 e. The first-order chi connectivity index (χ1) is 19.8. The summed E-state index contributed by atoms with van der Waals surface area (Å²) in [6.45, 7) is 0. The highest BCUT2D eigenvalue weighted by Gasteiger charge is 2.18. The first-order valence-electron chi connectivity index (χ1n) is 13.2. The molecule has 0 spiro atoms. The molecule has 0 aliphatic carbocycles. The Morgan fingerprint density at radius 3 is 1.73 bits per heavy atom. The minimum absolute atomic E-state index is 0.651. The third-order valence-corrected chi connectivity index (χ3v) is 8.41. The molecule has 0 N–H and O–H groups in total. The number of rotatable bonds is 4. The van der Waals surface area contributed by atoms with Crippen molar-refractivity contribution in [2.45, 2.75) is 0 Å². The molecule has 0 fully saturated rings. The summed E-state index contributed by atoms with van der Waals surface area (Å²) in [7, 11) is 0. The molecule has 0 saturated heterocycles. The van der Waals surface area contributed by atoms with Crippen LogP contribution in [0.1, 0.15) is 0 Å². The molecule has 0 saturated carbocycles. The minimum atomic E-state index is 0.651. The number of hydrogen-bond acceptors (Lipinski definition) is 4. The Bertz CT molecular complexity index is 2100. The Morgan fingerprint density at radius 2 is 1.02 bits per heavy atom. The summed E-state index contributed by atoms with van der Waals surface area (Å²) >= 11 is 1.83. The molecule has 40 heavy (non-hydrogen) atoms. The standard InChI is InChI=1S/C35H22N4S/c1-3-12-23(13-4-1)32-36-33(24-14-5-2-6-15-24)38-34(37-32)25-16-11-17-26(22-25)39-29-20-9-7-18-27(29)31-28-19-8-10-21-30(28)40-35(31)39/h1-22H. The summed E-state index contributed by atoms with van der Waals surface area (Å²) in [6, 6.07) is 46.0. The van der Waals surface area contributed by atoms with Crippen molar-refractivity contribution in [1.29, 1.82) is 0 Å². The van der Waals surface area contributed by atoms with Gasteiger partial charge >= 0.3 is 0 Å². The molecule has 4 nitrogen and oxygen atoms in total. The van der Waals surface area contributed by atoms with Crippen LogP contribution >= 0.6 is 11.3 Å². The largest absolute Gasteiger partial charge is 0.301 e. The van der Waals surface area contributed by atoms with E-state index in [-0.39, 0.29) is 0 Å². The molecule has 188 valence electrons. The van der Waals surface area contributed by atoms with Gasteiger partial charge < -0.3 is 4.57 Å². The topological polar surface area (TPSA) is 43.6 Å². The number of hydrogen-bond donors (Lipinski definition) is 0. The van der Waals surface area contributed by atoms with Crippen LogP contribution in [0.2, 0.25) is 0 Å². The summed E-state index contributed by atoms with van der Waals surface area (Å²) in [4.78, 5) is 16.0. The van der Waals surface area contributed by atoms with E-state index < -0.39 is 0 Å². The first kappa shape index (κ1) is 22.8. The highest BCUT2D eigenvalue weighted by molar-refractivity contribution is 7.25. The molecule has 0 atom stereocenters. The highest BCUT2D eigenvalue weighted by atomic mass is 32.1. The van der Waals surface area contributed by atoms with Crippen molar-refractivity contribution < 1.29 is 0 Å². The van der Waals surface area contributed by atoms with Crippen LogP contribution in [0.25, 0.3) is 71.1 Å². The van der Waals surface area contributed by atoms with E-state index in [4.69, 9.17) is 15.0 Å². The Balaban J connectivity index is 1.35. The van der Waals surface area contributed by atoms with Gasteiger partial charge in [0.15, 0.2) is 17.5 Å². The molecule has 0 aliphatic heterocycles. The number of nitrogens with zero attached hydrogens (tertiary/aromatic N) is 4. The molecule has 0 amide bonds. The van der Waals surface area contributed by atoms with E-state index >= 15 is 0 Å². The lowest BCUT2D eigenvalue weighted by Crippen LogP contribution is -2.01. The third kappa shape index (κ3) is 3.71. The minimum Gasteiger partial charge on any atom is -0.301 e. The Hall–Kier alpha value is -5.13. The summed E-state index contributed by atoms with van der Waals surface area (Å²) in [5, 5.41) is 3.86. The van der Waals surface area contributed by atoms with Gasteiger partial charge in [-0.05, 0) is 24.3 Å². The molecule has 3 heterocycles. The van der Waals surface area contributed by atoms with Gasteiger partial charge in [-0.15, -0.1) is 11.3 Å². The Morgan fingerprint density at radius 1 is 0.475 bits per heavy atom. The second-order valence-corrected chi connectivity index (χ2v) is 10.8. The summed E-state index contributed by atoms with van der Waals surface area (Å²) in [5.74, 6) is 1.97. The zero-order chi connectivity index (χ0) is 26.5. The Labute approximate surface area is 234 Å². The van der Waals surface area contributed by atoms with Crippen LogP contribution in [0.5, 0.6) is 0 Å². The molecule has 0 radical (unpaired) electrons. The third-order valence-electron chi connectivity index (χ3n) is 7.26. The van der Waals surface area contributed by atoms with E-state index in [2.05, 4.69) is 77.4 Å². The highest BCUT2D eigenvalue weighted by Crippen LogP contribution is 2.42. The molecule has 0 unspecified atom stereocenters. The van der Waals surface area contributed by atoms with Gasteiger partial charge in [-0.2, -0.15) is 0 Å². The quantitative estimate of drug-likeness (QED) is 0.228. The van der Waals surface area contributed by atoms with Gasteiger partial charge in [0, 0.05) is 43.2 Å². The van der Waals surface area contributed by atoms with Gasteiger partial charge in [0.25, 0.3) is 0 Å². The van der Waals surface area contributed by atoms with Crippen molar-refractivity contribution in [2.24, 2.45) is 0 Å². The monoisotopic (exact) mass is 530 g/mol. The molecule has 0 bridgehead atoms. The number of fused-ring (bicyclic) bond motifs is 5. The molecule has 5 aromatic carbocycles. The first-order valence-corrected chi connectivity index (χ1v) is 14.0. The van der Waals surface area contributed by atoms with Gasteiger partial charge in [0.1, 0.15) is 4.83 Å². The molecular formula is C35H22N4S. The molecular weight excluding hydrogens is 508 g/mol. The summed E-state index contributed by atoms with van der Waals surface area (Å²) in [6.07, 6.45) is 0. The molecule has 8 aromatic rings. The van der Waals surface area contributed by atoms with Crippen molar-refractivity contribution in [3.63, 3.8) is 0 Å². The van der Waals surface area contributed by atoms with Crippen LogP contribution in [-0.2, 0) is 0 Å². The number of benzene rings is 5. The van der Waals surface area contributed by atoms with Crippen molar-refractivity contribution in [3.8, 4) is 39.9 Å². The zero-order valence-corrected chi connectivity index (χ0v) is 22.2. The summed E-state index contributed by atoms with van der Waals surface area (Å²) < 4.78 is 3.66. The average Bonchev–Trinajstić information content (AvgIpc) is 3.56. The van der Waals surface area contributed by atoms with E-state index in [9.17, 15) is 0 Å². The van der Waals surface area contributed by atoms with E-state index in [0.717, 1.165) is 22.4 Å². The zero-order valence-electron chi connectivity index (χ0n) is 21.4. The van der Waals surface area contributed by atoms with E-state index in [0.29, 0.717) is 17.5 Å². The van der Waals surface area contributed by atoms with Crippen molar-refractivity contribution >= 4 is 42.5 Å². The lowest BCUT2D eigenvalue weighted by Gasteiger charge is -2.11. The fraction of sp³-hybridized carbons (Fsp3) is 0. The van der Waals surface area contributed by atoms with Crippen molar-refractivity contribution in [2.75, 3.05) is 0 Å². The van der Waals surface area contributed by atoms with Gasteiger partial charge in [0.05, 0.1) is 5.52 Å². The van der Waals surface area contributed by atoms with Crippen LogP contribution in [0.3, 0.4) is 0 Å². The smallest absolute Gasteiger partial charge is 0.164 e. The van der Waals surface area contributed by atoms with Crippen LogP contribution in [0.4, 0.5) is 0 Å². The fourth-order valence-electron chi connectivity index (χ4n) is 5.42. The fourth-order valence-corrected chi connectivity index (χ4v) is 6.67. The van der Waals surface area contributed by atoms with E-state index in [1.807, 2.05) is 72.0 Å². The Kier molecular flexibility index (Phi) is 5.28. The van der Waals surface area contributed by atoms with Crippen LogP contribution in [0, 0.1) is 0 Å². The summed E-state index contributed by atoms with van der Waals surface area (Å²) in [5.41, 5.74) is 5.14. The van der Waals surface area contributed by atoms with Crippen LogP contribution < -0.4 is 0 Å². The van der Waals surface area contributed by atoms with Crippen LogP contribution in [-0.4, -0.2) is 19.5 Å². The van der Waals surface area contributed by atoms with Gasteiger partial charge in [0.2, 0.25) is 0 Å². The molecule has 5 heteroatoms. The maximum absolute atomic E-state index is 4.95. The van der Waals surface area contributed by atoms with Gasteiger partial charge in [-0.25, -0.2) is 15.0 Å². The lowest BCUT2D eigenvalue weighted by atomic mass is 10.1. The SMILES string of the molecule is c1ccc(-c2nc(-c3ccccc3)nc(-c3cccc(-n4c5ccccc5c5c6ccccc6sc54)c3)n2)cc1. The second kappa shape index (κ2) is 9.26. The van der Waals surface area contributed by atoms with E-state index in [1.54, 1.807) is 0 Å². The second-order valence-electron chi connectivity index (χ2n) is 9.72. The maximum atomic E-state index is 4.95. The molecule has 0 aliphatic rings. The number of aromatic nitrogens is 4. The van der Waals surface area contributed by atoms with Crippen LogP contribution in [0.15, 0.2) is 133 Å². The predicted molar refractivity (Wildman–Crippen MR) is 166 cm³/mol. The number of para-hydroxylation sites is 1. The van der Waals surface area contributed by atoms with Gasteiger partial charge in [-0.1, -0.05) is 109 Å². The molecule has 3 aromatic heterocycles. The van der Waals surface area contributed by atoms with E-state index in [1.165, 1.54) is 31.2 Å². The lowest BCUT2D eigenvalue weighted by molar-refractivity contribution is 1.07. The normalized spacial score (nSPS) is 11.5. The predicted octanol–water partition coefficient (Wildman–Crippen LogP) is 9.18. The number of thiophene rings is 1. The van der Waals surface area contributed by atoms with Gasteiger partial charge in [-0.3, -0.25) is 0 Å². The molecule has 8 rings (SSSR count). The van der Waals surface area contributed by atoms with Crippen molar-refractivity contribution in [3.05, 3.63) is 133 Å².